The molecular formula is C12H27NO3. The quantitative estimate of drug-likeness (QED) is 0.556. The highest BCUT2D eigenvalue weighted by atomic mass is 16.5. The highest BCUT2D eigenvalue weighted by Crippen LogP contribution is 2.13. The van der Waals surface area contributed by atoms with Crippen LogP contribution in [0, 0.1) is 0 Å². The third-order valence-electron chi connectivity index (χ3n) is 2.52. The Morgan fingerprint density at radius 2 is 2.00 bits per heavy atom. The first-order chi connectivity index (χ1) is 7.58. The van der Waals surface area contributed by atoms with Gasteiger partial charge < -0.3 is 19.9 Å². The molecule has 4 heteroatoms. The number of hydrogen-bond acceptors (Lipinski definition) is 4. The molecule has 0 aromatic heterocycles. The van der Waals surface area contributed by atoms with Gasteiger partial charge in [0.05, 0.1) is 25.9 Å². The second-order valence-electron chi connectivity index (χ2n) is 4.33. The Hall–Kier alpha value is -0.160. The van der Waals surface area contributed by atoms with Crippen molar-refractivity contribution in [2.24, 2.45) is 0 Å². The summed E-state index contributed by atoms with van der Waals surface area (Å²) in [6.45, 7) is 11.0. The fraction of sp³-hybridized carbons (Fsp3) is 1.00. The van der Waals surface area contributed by atoms with Crippen LogP contribution in [-0.2, 0) is 9.47 Å². The van der Waals surface area contributed by atoms with E-state index in [9.17, 15) is 5.11 Å². The van der Waals surface area contributed by atoms with Crippen LogP contribution in [0.1, 0.15) is 34.1 Å². The fourth-order valence-electron chi connectivity index (χ4n) is 1.77. The van der Waals surface area contributed by atoms with Crippen LogP contribution in [0.4, 0.5) is 0 Å². The van der Waals surface area contributed by atoms with Gasteiger partial charge in [-0.05, 0) is 33.7 Å². The molecule has 0 saturated carbocycles. The van der Waals surface area contributed by atoms with E-state index in [0.29, 0.717) is 13.2 Å². The summed E-state index contributed by atoms with van der Waals surface area (Å²) in [5.74, 6) is 0. The van der Waals surface area contributed by atoms with E-state index < -0.39 is 0 Å². The predicted octanol–water partition coefficient (Wildman–Crippen LogP) is 1.18. The van der Waals surface area contributed by atoms with Crippen LogP contribution in [0.25, 0.3) is 0 Å². The Bertz CT molecular complexity index is 166. The van der Waals surface area contributed by atoms with Crippen LogP contribution in [0.2, 0.25) is 0 Å². The highest BCUT2D eigenvalue weighted by molar-refractivity contribution is 4.83. The van der Waals surface area contributed by atoms with Crippen molar-refractivity contribution in [3.05, 3.63) is 0 Å². The molecule has 0 aliphatic carbocycles. The average Bonchev–Trinajstić information content (AvgIpc) is 2.25. The van der Waals surface area contributed by atoms with Crippen molar-refractivity contribution < 1.29 is 14.6 Å². The van der Waals surface area contributed by atoms with Crippen LogP contribution < -0.4 is 5.32 Å². The number of nitrogens with one attached hydrogen (secondary N) is 1. The Labute approximate surface area is 99.3 Å². The zero-order valence-electron chi connectivity index (χ0n) is 11.1. The zero-order chi connectivity index (χ0) is 12.4. The Kier molecular flexibility index (Phi) is 8.84. The third-order valence-corrected chi connectivity index (χ3v) is 2.52. The molecule has 0 radical (unpaired) electrons. The summed E-state index contributed by atoms with van der Waals surface area (Å²) in [5, 5.41) is 12.6. The molecule has 0 spiro atoms. The van der Waals surface area contributed by atoms with Gasteiger partial charge in [0.2, 0.25) is 0 Å². The van der Waals surface area contributed by atoms with Crippen molar-refractivity contribution in [3.8, 4) is 0 Å². The molecule has 0 rings (SSSR count). The lowest BCUT2D eigenvalue weighted by Gasteiger charge is -2.31. The van der Waals surface area contributed by atoms with Crippen LogP contribution in [0.15, 0.2) is 0 Å². The first-order valence-electron chi connectivity index (χ1n) is 6.13. The molecule has 2 N–H and O–H groups in total. The number of aliphatic hydroxyl groups is 1. The number of aliphatic hydroxyl groups excluding tert-OH is 1. The molecule has 0 saturated heterocycles. The van der Waals surface area contributed by atoms with E-state index >= 15 is 0 Å². The Morgan fingerprint density at radius 1 is 1.31 bits per heavy atom. The maximum Gasteiger partial charge on any atom is 0.0704 e. The van der Waals surface area contributed by atoms with Crippen molar-refractivity contribution >= 4 is 0 Å². The summed E-state index contributed by atoms with van der Waals surface area (Å²) in [6, 6.07) is 0. The number of ether oxygens (including phenoxy) is 2. The molecule has 2 unspecified atom stereocenters. The van der Waals surface area contributed by atoms with E-state index in [1.165, 1.54) is 0 Å². The second-order valence-corrected chi connectivity index (χ2v) is 4.33. The Balaban J connectivity index is 3.77. The molecule has 0 aliphatic rings. The minimum Gasteiger partial charge on any atom is -0.394 e. The summed E-state index contributed by atoms with van der Waals surface area (Å²) >= 11 is 0. The van der Waals surface area contributed by atoms with Gasteiger partial charge in [-0.25, -0.2) is 0 Å². The van der Waals surface area contributed by atoms with Crippen LogP contribution in [-0.4, -0.2) is 49.7 Å². The molecule has 0 amide bonds. The smallest absolute Gasteiger partial charge is 0.0704 e. The van der Waals surface area contributed by atoms with Crippen LogP contribution in [0.3, 0.4) is 0 Å². The predicted molar refractivity (Wildman–Crippen MR) is 65.7 cm³/mol. The van der Waals surface area contributed by atoms with Gasteiger partial charge in [-0.15, -0.1) is 0 Å². The van der Waals surface area contributed by atoms with E-state index in [4.69, 9.17) is 9.47 Å². The third kappa shape index (κ3) is 7.17. The van der Waals surface area contributed by atoms with Gasteiger partial charge in [0.1, 0.15) is 0 Å². The summed E-state index contributed by atoms with van der Waals surface area (Å²) in [4.78, 5) is 0. The lowest BCUT2D eigenvalue weighted by molar-refractivity contribution is -0.00464. The average molecular weight is 233 g/mol. The van der Waals surface area contributed by atoms with Gasteiger partial charge in [-0.3, -0.25) is 0 Å². The molecule has 0 aromatic rings. The van der Waals surface area contributed by atoms with Crippen molar-refractivity contribution in [1.82, 2.24) is 5.32 Å². The standard InChI is InChI=1S/C12H27NO3/c1-5-13-12(4,10-14)9-11(3)16-8-7-15-6-2/h11,13-14H,5-10H2,1-4H3. The SMILES string of the molecule is CCNC(C)(CO)CC(C)OCCOCC. The van der Waals surface area contributed by atoms with E-state index in [0.717, 1.165) is 19.6 Å². The van der Waals surface area contributed by atoms with Crippen LogP contribution >= 0.6 is 0 Å². The van der Waals surface area contributed by atoms with Gasteiger partial charge in [0, 0.05) is 12.1 Å². The molecule has 98 valence electrons. The molecule has 0 bridgehead atoms. The second kappa shape index (κ2) is 8.93. The summed E-state index contributed by atoms with van der Waals surface area (Å²) < 4.78 is 10.8. The van der Waals surface area contributed by atoms with Gasteiger partial charge in [0.25, 0.3) is 0 Å². The molecule has 4 nitrogen and oxygen atoms in total. The van der Waals surface area contributed by atoms with Crippen molar-refractivity contribution in [2.45, 2.75) is 45.8 Å². The molecule has 0 heterocycles. The number of hydrogen-bond donors (Lipinski definition) is 2. The van der Waals surface area contributed by atoms with Gasteiger partial charge in [-0.2, -0.15) is 0 Å². The Morgan fingerprint density at radius 3 is 2.50 bits per heavy atom. The van der Waals surface area contributed by atoms with E-state index in [1.807, 2.05) is 27.7 Å². The van der Waals surface area contributed by atoms with E-state index in [1.54, 1.807) is 0 Å². The molecule has 0 aliphatic heterocycles. The lowest BCUT2D eigenvalue weighted by Crippen LogP contribution is -2.48. The first kappa shape index (κ1) is 15.8. The largest absolute Gasteiger partial charge is 0.394 e. The lowest BCUT2D eigenvalue weighted by atomic mass is 9.96. The molecule has 2 atom stereocenters. The summed E-state index contributed by atoms with van der Waals surface area (Å²) in [5.41, 5.74) is -0.250. The normalized spacial score (nSPS) is 17.1. The minimum atomic E-state index is -0.250. The van der Waals surface area contributed by atoms with E-state index in [-0.39, 0.29) is 18.2 Å². The monoisotopic (exact) mass is 233 g/mol. The fourth-order valence-corrected chi connectivity index (χ4v) is 1.77. The number of likely N-dealkylation sites (N-methyl/N-ethyl adjacent to an activating group) is 1. The first-order valence-corrected chi connectivity index (χ1v) is 6.13. The zero-order valence-corrected chi connectivity index (χ0v) is 11.1. The molecule has 0 fully saturated rings. The maximum absolute atomic E-state index is 9.33. The maximum atomic E-state index is 9.33. The summed E-state index contributed by atoms with van der Waals surface area (Å²) in [7, 11) is 0. The minimum absolute atomic E-state index is 0.122. The molecule has 0 aromatic carbocycles. The topological polar surface area (TPSA) is 50.7 Å². The number of rotatable bonds is 10. The highest BCUT2D eigenvalue weighted by Gasteiger charge is 2.24. The van der Waals surface area contributed by atoms with Crippen molar-refractivity contribution in [3.63, 3.8) is 0 Å². The molecule has 16 heavy (non-hydrogen) atoms. The van der Waals surface area contributed by atoms with Gasteiger partial charge in [0.15, 0.2) is 0 Å². The van der Waals surface area contributed by atoms with Gasteiger partial charge in [-0.1, -0.05) is 6.92 Å². The molecular weight excluding hydrogens is 206 g/mol. The van der Waals surface area contributed by atoms with Crippen molar-refractivity contribution in [1.29, 1.82) is 0 Å². The van der Waals surface area contributed by atoms with Crippen molar-refractivity contribution in [2.75, 3.05) is 33.0 Å². The summed E-state index contributed by atoms with van der Waals surface area (Å²) in [6.07, 6.45) is 0.917. The van der Waals surface area contributed by atoms with E-state index in [2.05, 4.69) is 5.32 Å². The van der Waals surface area contributed by atoms with Gasteiger partial charge >= 0.3 is 0 Å². The van der Waals surface area contributed by atoms with Crippen LogP contribution in [0.5, 0.6) is 0 Å².